The number of aliphatic hydroxyl groups excluding tert-OH is 1. The van der Waals surface area contributed by atoms with Gasteiger partial charge in [-0.25, -0.2) is 14.6 Å². The summed E-state index contributed by atoms with van der Waals surface area (Å²) in [6, 6.07) is 18.4. The highest BCUT2D eigenvalue weighted by atomic mass is 16.6. The number of carbonyl (C=O) groups excluding carboxylic acids is 2. The molecule has 1 saturated heterocycles. The Morgan fingerprint density at radius 3 is 2.35 bits per heavy atom. The Bertz CT molecular complexity index is 1090. The monoisotopic (exact) mass is 463 g/mol. The van der Waals surface area contributed by atoms with Crippen LogP contribution in [-0.2, 0) is 27.5 Å². The minimum absolute atomic E-state index is 0.0764. The first kappa shape index (κ1) is 23.5. The fourth-order valence-corrected chi connectivity index (χ4v) is 4.28. The third kappa shape index (κ3) is 5.46. The van der Waals surface area contributed by atoms with Crippen LogP contribution in [0.2, 0.25) is 0 Å². The molecule has 1 aliphatic heterocycles. The van der Waals surface area contributed by atoms with Gasteiger partial charge in [0.1, 0.15) is 12.4 Å². The average molecular weight is 464 g/mol. The minimum Gasteiger partial charge on any atom is -0.458 e. The summed E-state index contributed by atoms with van der Waals surface area (Å²) in [5, 5.41) is 9.59. The lowest BCUT2D eigenvalue weighted by molar-refractivity contribution is -0.156. The van der Waals surface area contributed by atoms with Crippen LogP contribution in [0.5, 0.6) is 0 Å². The lowest BCUT2D eigenvalue weighted by atomic mass is 10.0. The number of likely N-dealkylation sites (tertiary alicyclic amines) is 1. The van der Waals surface area contributed by atoms with E-state index in [1.54, 1.807) is 35.4 Å². The van der Waals surface area contributed by atoms with Crippen LogP contribution in [0.1, 0.15) is 47.6 Å². The molecule has 0 aliphatic carbocycles. The highest BCUT2D eigenvalue weighted by Crippen LogP contribution is 2.28. The normalized spacial score (nSPS) is 15.1. The molecule has 1 amide bonds. The largest absolute Gasteiger partial charge is 0.458 e. The van der Waals surface area contributed by atoms with Gasteiger partial charge in [-0.15, -0.1) is 0 Å². The molecule has 0 radical (unpaired) electrons. The summed E-state index contributed by atoms with van der Waals surface area (Å²) in [6.07, 6.45) is 1.39. The molecule has 1 N–H and O–H groups in total. The first-order chi connectivity index (χ1) is 16.6. The number of hydrogen-bond acceptors (Lipinski definition) is 6. The van der Waals surface area contributed by atoms with Gasteiger partial charge in [-0.05, 0) is 25.3 Å². The van der Waals surface area contributed by atoms with E-state index in [4.69, 9.17) is 9.47 Å². The molecule has 1 fully saturated rings. The van der Waals surface area contributed by atoms with Gasteiger partial charge in [0.05, 0.1) is 18.5 Å². The Kier molecular flexibility index (Phi) is 7.59. The van der Waals surface area contributed by atoms with Gasteiger partial charge in [0.15, 0.2) is 0 Å². The first-order valence-electron chi connectivity index (χ1n) is 11.4. The SMILES string of the molecule is Cc1ncc(CO)n1C1CCN(C(=O)OC(C(=O)OCc2ccccc2)c2ccccc2)CC1. The molecule has 34 heavy (non-hydrogen) atoms. The van der Waals surface area contributed by atoms with E-state index in [1.807, 2.05) is 47.9 Å². The summed E-state index contributed by atoms with van der Waals surface area (Å²) < 4.78 is 13.2. The molecule has 2 aromatic carbocycles. The van der Waals surface area contributed by atoms with Gasteiger partial charge in [0.2, 0.25) is 6.10 Å². The second kappa shape index (κ2) is 11.0. The molecule has 1 unspecified atom stereocenters. The number of imidazole rings is 1. The first-order valence-corrected chi connectivity index (χ1v) is 11.4. The zero-order chi connectivity index (χ0) is 23.9. The van der Waals surface area contributed by atoms with E-state index in [-0.39, 0.29) is 19.3 Å². The molecular formula is C26H29N3O5. The summed E-state index contributed by atoms with van der Waals surface area (Å²) in [5.74, 6) is 0.232. The quantitative estimate of drug-likeness (QED) is 0.534. The summed E-state index contributed by atoms with van der Waals surface area (Å²) in [4.78, 5) is 31.8. The fourth-order valence-electron chi connectivity index (χ4n) is 4.28. The molecule has 3 aromatic rings. The number of nitrogens with zero attached hydrogens (tertiary/aromatic N) is 3. The molecule has 0 saturated carbocycles. The highest BCUT2D eigenvalue weighted by molar-refractivity contribution is 5.80. The molecule has 0 spiro atoms. The maximum Gasteiger partial charge on any atom is 0.410 e. The van der Waals surface area contributed by atoms with Crippen molar-refractivity contribution in [3.05, 3.63) is 89.5 Å². The summed E-state index contributed by atoms with van der Waals surface area (Å²) >= 11 is 0. The predicted molar refractivity (Wildman–Crippen MR) is 125 cm³/mol. The van der Waals surface area contributed by atoms with Crippen LogP contribution in [0.25, 0.3) is 0 Å². The maximum atomic E-state index is 13.0. The Hall–Kier alpha value is -3.65. The van der Waals surface area contributed by atoms with Crippen LogP contribution < -0.4 is 0 Å². The minimum atomic E-state index is -1.15. The molecule has 1 atom stereocenters. The van der Waals surface area contributed by atoms with E-state index in [0.717, 1.165) is 17.1 Å². The van der Waals surface area contributed by atoms with E-state index >= 15 is 0 Å². The van der Waals surface area contributed by atoms with Gasteiger partial charge in [-0.3, -0.25) is 0 Å². The Balaban J connectivity index is 1.40. The van der Waals surface area contributed by atoms with Crippen molar-refractivity contribution in [3.8, 4) is 0 Å². The fraction of sp³-hybridized carbons (Fsp3) is 0.346. The molecule has 8 nitrogen and oxygen atoms in total. The van der Waals surface area contributed by atoms with Crippen molar-refractivity contribution >= 4 is 12.1 Å². The lowest BCUT2D eigenvalue weighted by Crippen LogP contribution is -2.41. The maximum absolute atomic E-state index is 13.0. The third-order valence-corrected chi connectivity index (χ3v) is 6.07. The van der Waals surface area contributed by atoms with E-state index in [0.29, 0.717) is 31.5 Å². The van der Waals surface area contributed by atoms with E-state index in [2.05, 4.69) is 4.98 Å². The number of aromatic nitrogens is 2. The molecule has 2 heterocycles. The van der Waals surface area contributed by atoms with Crippen molar-refractivity contribution in [3.63, 3.8) is 0 Å². The van der Waals surface area contributed by atoms with Crippen LogP contribution in [0.15, 0.2) is 66.9 Å². The molecule has 1 aromatic heterocycles. The van der Waals surface area contributed by atoms with E-state index in [9.17, 15) is 14.7 Å². The number of aliphatic hydroxyl groups is 1. The molecule has 0 bridgehead atoms. The number of ether oxygens (including phenoxy) is 2. The zero-order valence-corrected chi connectivity index (χ0v) is 19.2. The van der Waals surface area contributed by atoms with E-state index in [1.165, 1.54) is 0 Å². The van der Waals surface area contributed by atoms with Crippen LogP contribution in [0, 0.1) is 6.92 Å². The van der Waals surface area contributed by atoms with Gasteiger partial charge in [0.25, 0.3) is 0 Å². The molecular weight excluding hydrogens is 434 g/mol. The number of hydrogen-bond donors (Lipinski definition) is 1. The second-order valence-corrected chi connectivity index (χ2v) is 8.31. The van der Waals surface area contributed by atoms with Crippen molar-refractivity contribution in [2.45, 2.75) is 45.1 Å². The number of aryl methyl sites for hydroxylation is 1. The molecule has 178 valence electrons. The van der Waals surface area contributed by atoms with Gasteiger partial charge in [0, 0.05) is 24.7 Å². The van der Waals surface area contributed by atoms with Gasteiger partial charge < -0.3 is 24.0 Å². The van der Waals surface area contributed by atoms with Gasteiger partial charge >= 0.3 is 12.1 Å². The Labute approximate surface area is 198 Å². The number of benzene rings is 2. The molecule has 4 rings (SSSR count). The number of rotatable bonds is 7. The topological polar surface area (TPSA) is 93.9 Å². The van der Waals surface area contributed by atoms with Crippen molar-refractivity contribution < 1.29 is 24.2 Å². The zero-order valence-electron chi connectivity index (χ0n) is 19.2. The lowest BCUT2D eigenvalue weighted by Gasteiger charge is -2.33. The standard InChI is InChI=1S/C26H29N3O5/c1-19-27-16-23(17-30)29(19)22-12-14-28(15-13-22)26(32)34-24(21-10-6-3-7-11-21)25(31)33-18-20-8-4-2-5-9-20/h2-11,16,22,24,30H,12-15,17-18H2,1H3. The van der Waals surface area contributed by atoms with Crippen LogP contribution in [0.3, 0.4) is 0 Å². The second-order valence-electron chi connectivity index (χ2n) is 8.31. The van der Waals surface area contributed by atoms with Crippen molar-refractivity contribution in [2.75, 3.05) is 13.1 Å². The third-order valence-electron chi connectivity index (χ3n) is 6.07. The van der Waals surface area contributed by atoms with Crippen LogP contribution in [0.4, 0.5) is 4.79 Å². The predicted octanol–water partition coefficient (Wildman–Crippen LogP) is 3.94. The van der Waals surface area contributed by atoms with Crippen molar-refractivity contribution in [1.29, 1.82) is 0 Å². The van der Waals surface area contributed by atoms with Crippen molar-refractivity contribution in [2.24, 2.45) is 0 Å². The van der Waals surface area contributed by atoms with Crippen LogP contribution in [-0.4, -0.2) is 44.7 Å². The number of piperidine rings is 1. The summed E-state index contributed by atoms with van der Waals surface area (Å²) in [5.41, 5.74) is 2.18. The summed E-state index contributed by atoms with van der Waals surface area (Å²) in [6.45, 7) is 2.89. The number of amides is 1. The average Bonchev–Trinajstić information content (AvgIpc) is 3.27. The Morgan fingerprint density at radius 1 is 1.06 bits per heavy atom. The molecule has 8 heteroatoms. The molecule has 1 aliphatic rings. The Morgan fingerprint density at radius 2 is 1.71 bits per heavy atom. The smallest absolute Gasteiger partial charge is 0.410 e. The van der Waals surface area contributed by atoms with Gasteiger partial charge in [-0.1, -0.05) is 60.7 Å². The summed E-state index contributed by atoms with van der Waals surface area (Å²) in [7, 11) is 0. The van der Waals surface area contributed by atoms with Gasteiger partial charge in [-0.2, -0.15) is 0 Å². The van der Waals surface area contributed by atoms with Crippen molar-refractivity contribution in [1.82, 2.24) is 14.5 Å². The van der Waals surface area contributed by atoms with E-state index < -0.39 is 18.2 Å². The highest BCUT2D eigenvalue weighted by Gasteiger charge is 2.32. The number of carbonyl (C=O) groups is 2. The number of esters is 1. The van der Waals surface area contributed by atoms with Crippen LogP contribution >= 0.6 is 0 Å².